The first-order chi connectivity index (χ1) is 20.2. The van der Waals surface area contributed by atoms with Crippen LogP contribution in [0.15, 0.2) is 59.8 Å². The lowest BCUT2D eigenvalue weighted by atomic mass is 10.0. The highest BCUT2D eigenvalue weighted by Gasteiger charge is 2.26. The summed E-state index contributed by atoms with van der Waals surface area (Å²) in [4.78, 5) is 39.1. The summed E-state index contributed by atoms with van der Waals surface area (Å²) in [6, 6.07) is 9.21. The summed E-state index contributed by atoms with van der Waals surface area (Å²) in [7, 11) is 1.77. The standard InChI is InChI=1S/C29H28FN9O3/c1-15(31)27(41)42-14-21-20(25-35-28(32)37-29(36-25)34-19-12-33-38(2)13-19)4-3-5-23(21)39-9-8-17-10-18(16-6-7-16)11-22(30)24(17)26(39)40/h3-5,8-13,15-16H,6-7,14,31H2,1-2H3,(H3,32,34,35,36,37)/t15-/m0/s1. The molecule has 1 aliphatic carbocycles. The van der Waals surface area contributed by atoms with E-state index in [0.29, 0.717) is 33.8 Å². The molecule has 214 valence electrons. The predicted octanol–water partition coefficient (Wildman–Crippen LogP) is 3.31. The molecule has 12 nitrogen and oxygen atoms in total. The third kappa shape index (κ3) is 5.29. The number of nitrogens with two attached hydrogens (primary N) is 2. The molecule has 1 atom stereocenters. The van der Waals surface area contributed by atoms with Crippen LogP contribution < -0.4 is 22.3 Å². The number of nitrogens with zero attached hydrogens (tertiary/aromatic N) is 6. The van der Waals surface area contributed by atoms with E-state index in [0.717, 1.165) is 18.4 Å². The van der Waals surface area contributed by atoms with Gasteiger partial charge in [-0.05, 0) is 54.8 Å². The Labute approximate surface area is 239 Å². The number of hydrogen-bond donors (Lipinski definition) is 3. The van der Waals surface area contributed by atoms with Gasteiger partial charge in [-0.15, -0.1) is 0 Å². The third-order valence-corrected chi connectivity index (χ3v) is 7.02. The highest BCUT2D eigenvalue weighted by atomic mass is 19.1. The lowest BCUT2D eigenvalue weighted by molar-refractivity contribution is -0.146. The Morgan fingerprint density at radius 3 is 2.74 bits per heavy atom. The van der Waals surface area contributed by atoms with E-state index in [1.807, 2.05) is 6.07 Å². The molecule has 3 heterocycles. The zero-order valence-corrected chi connectivity index (χ0v) is 22.9. The number of nitrogen functional groups attached to an aromatic ring is 1. The van der Waals surface area contributed by atoms with E-state index in [2.05, 4.69) is 25.4 Å². The molecule has 42 heavy (non-hydrogen) atoms. The summed E-state index contributed by atoms with van der Waals surface area (Å²) >= 11 is 0. The van der Waals surface area contributed by atoms with Crippen LogP contribution in [0.5, 0.6) is 0 Å². The van der Waals surface area contributed by atoms with Crippen molar-refractivity contribution in [3.8, 4) is 17.1 Å². The minimum atomic E-state index is -0.873. The molecular formula is C29H28FN9O3. The number of aromatic nitrogens is 6. The summed E-state index contributed by atoms with van der Waals surface area (Å²) < 4.78 is 23.7. The molecule has 3 aromatic heterocycles. The number of carbonyl (C=O) groups is 1. The molecule has 0 bridgehead atoms. The van der Waals surface area contributed by atoms with Crippen LogP contribution in [-0.2, 0) is 23.2 Å². The highest BCUT2D eigenvalue weighted by Crippen LogP contribution is 2.41. The maximum absolute atomic E-state index is 15.3. The molecule has 0 amide bonds. The maximum atomic E-state index is 15.3. The molecule has 0 radical (unpaired) electrons. The monoisotopic (exact) mass is 569 g/mol. The van der Waals surface area contributed by atoms with Gasteiger partial charge in [0.05, 0.1) is 23.0 Å². The van der Waals surface area contributed by atoms with Gasteiger partial charge in [-0.25, -0.2) is 4.39 Å². The van der Waals surface area contributed by atoms with Gasteiger partial charge in [0.25, 0.3) is 5.56 Å². The Kier molecular flexibility index (Phi) is 6.86. The minimum Gasteiger partial charge on any atom is -0.460 e. The maximum Gasteiger partial charge on any atom is 0.322 e. The first-order valence-electron chi connectivity index (χ1n) is 13.3. The van der Waals surface area contributed by atoms with E-state index in [1.165, 1.54) is 17.6 Å². The van der Waals surface area contributed by atoms with Gasteiger partial charge in [-0.3, -0.25) is 18.8 Å². The fourth-order valence-corrected chi connectivity index (χ4v) is 4.81. The van der Waals surface area contributed by atoms with Gasteiger partial charge in [-0.1, -0.05) is 18.2 Å². The second-order valence-electron chi connectivity index (χ2n) is 10.3. The summed E-state index contributed by atoms with van der Waals surface area (Å²) in [6.07, 6.45) is 6.93. The van der Waals surface area contributed by atoms with Crippen LogP contribution in [0.25, 0.3) is 27.8 Å². The number of hydrogen-bond acceptors (Lipinski definition) is 10. The molecule has 0 spiro atoms. The number of ether oxygens (including phenoxy) is 1. The van der Waals surface area contributed by atoms with Crippen LogP contribution in [0.3, 0.4) is 0 Å². The lowest BCUT2D eigenvalue weighted by Gasteiger charge is -2.18. The SMILES string of the molecule is C[C@H](N)C(=O)OCc1c(-c2nc(N)nc(Nc3cnn(C)c3)n2)cccc1-n1ccc2cc(C3CC3)cc(F)c2c1=O. The van der Waals surface area contributed by atoms with Gasteiger partial charge >= 0.3 is 5.97 Å². The van der Waals surface area contributed by atoms with Crippen molar-refractivity contribution in [1.29, 1.82) is 0 Å². The predicted molar refractivity (Wildman–Crippen MR) is 155 cm³/mol. The second kappa shape index (κ2) is 10.7. The topological polar surface area (TPSA) is 169 Å². The van der Waals surface area contributed by atoms with Crippen molar-refractivity contribution in [3.63, 3.8) is 0 Å². The Balaban J connectivity index is 1.49. The smallest absolute Gasteiger partial charge is 0.322 e. The lowest BCUT2D eigenvalue weighted by Crippen LogP contribution is -2.29. The quantitative estimate of drug-likeness (QED) is 0.236. The van der Waals surface area contributed by atoms with Gasteiger partial charge in [0.1, 0.15) is 18.5 Å². The summed E-state index contributed by atoms with van der Waals surface area (Å²) in [5.74, 6) is -0.630. The first-order valence-corrected chi connectivity index (χ1v) is 13.3. The van der Waals surface area contributed by atoms with E-state index in [9.17, 15) is 9.59 Å². The largest absolute Gasteiger partial charge is 0.460 e. The fraction of sp³-hybridized carbons (Fsp3) is 0.241. The first kappa shape index (κ1) is 27.0. The van der Waals surface area contributed by atoms with Gasteiger partial charge in [-0.2, -0.15) is 20.1 Å². The van der Waals surface area contributed by atoms with Gasteiger partial charge in [0, 0.05) is 30.6 Å². The van der Waals surface area contributed by atoms with Crippen LogP contribution in [0.2, 0.25) is 0 Å². The molecule has 5 aromatic rings. The number of anilines is 3. The van der Waals surface area contributed by atoms with Gasteiger partial charge < -0.3 is 21.5 Å². The van der Waals surface area contributed by atoms with Gasteiger partial charge in [0.15, 0.2) is 5.82 Å². The second-order valence-corrected chi connectivity index (χ2v) is 10.3. The molecule has 1 saturated carbocycles. The number of halogens is 1. The number of benzene rings is 2. The molecule has 2 aromatic carbocycles. The van der Waals surface area contributed by atoms with E-state index in [4.69, 9.17) is 16.2 Å². The molecule has 1 fully saturated rings. The van der Waals surface area contributed by atoms with E-state index < -0.39 is 23.4 Å². The van der Waals surface area contributed by atoms with Crippen molar-refractivity contribution in [3.05, 3.63) is 82.3 Å². The zero-order chi connectivity index (χ0) is 29.5. The molecule has 0 aliphatic heterocycles. The van der Waals surface area contributed by atoms with Crippen molar-refractivity contribution >= 4 is 34.3 Å². The Hall–Kier alpha value is -5.17. The molecule has 0 saturated heterocycles. The van der Waals surface area contributed by atoms with Crippen molar-refractivity contribution in [2.24, 2.45) is 12.8 Å². The highest BCUT2D eigenvalue weighted by molar-refractivity contribution is 5.84. The number of esters is 1. The number of pyridine rings is 1. The third-order valence-electron chi connectivity index (χ3n) is 7.02. The van der Waals surface area contributed by atoms with Crippen LogP contribution >= 0.6 is 0 Å². The summed E-state index contributed by atoms with van der Waals surface area (Å²) in [5, 5.41) is 7.65. The number of rotatable bonds is 8. The molecule has 0 unspecified atom stereocenters. The molecule has 13 heteroatoms. The van der Waals surface area contributed by atoms with Crippen molar-refractivity contribution in [2.75, 3.05) is 11.1 Å². The molecule has 1 aliphatic rings. The van der Waals surface area contributed by atoms with E-state index in [-0.39, 0.29) is 29.7 Å². The average Bonchev–Trinajstić information content (AvgIpc) is 3.73. The van der Waals surface area contributed by atoms with Crippen LogP contribution in [0.4, 0.5) is 22.0 Å². The van der Waals surface area contributed by atoms with Crippen LogP contribution in [0, 0.1) is 5.82 Å². The van der Waals surface area contributed by atoms with E-state index >= 15 is 4.39 Å². The number of aryl methyl sites for hydroxylation is 1. The van der Waals surface area contributed by atoms with Crippen LogP contribution in [-0.4, -0.2) is 41.3 Å². The van der Waals surface area contributed by atoms with Crippen molar-refractivity contribution in [1.82, 2.24) is 29.3 Å². The zero-order valence-electron chi connectivity index (χ0n) is 22.9. The number of fused-ring (bicyclic) bond motifs is 1. The average molecular weight is 570 g/mol. The molecular weight excluding hydrogens is 541 g/mol. The number of nitrogens with one attached hydrogen (secondary N) is 1. The minimum absolute atomic E-state index is 0.0295. The Bertz CT molecular complexity index is 1900. The van der Waals surface area contributed by atoms with Crippen molar-refractivity contribution in [2.45, 2.75) is 38.3 Å². The Morgan fingerprint density at radius 1 is 1.21 bits per heavy atom. The molecule has 5 N–H and O–H groups in total. The van der Waals surface area contributed by atoms with E-state index in [1.54, 1.807) is 54.6 Å². The normalized spacial score (nSPS) is 13.7. The van der Waals surface area contributed by atoms with Crippen molar-refractivity contribution < 1.29 is 13.9 Å². The van der Waals surface area contributed by atoms with Gasteiger partial charge in [0.2, 0.25) is 11.9 Å². The summed E-state index contributed by atoms with van der Waals surface area (Å²) in [6.45, 7) is 1.24. The molecule has 6 rings (SSSR count). The summed E-state index contributed by atoms with van der Waals surface area (Å²) in [5.41, 5.74) is 13.9. The fourth-order valence-electron chi connectivity index (χ4n) is 4.81. The number of carbonyl (C=O) groups excluding carboxylic acids is 1. The van der Waals surface area contributed by atoms with Crippen LogP contribution in [0.1, 0.15) is 36.8 Å². The Morgan fingerprint density at radius 2 is 2.02 bits per heavy atom.